The van der Waals surface area contributed by atoms with Crippen LogP contribution in [0.4, 0.5) is 0 Å². The Morgan fingerprint density at radius 1 is 1.53 bits per heavy atom. The van der Waals surface area contributed by atoms with Crippen molar-refractivity contribution in [1.82, 2.24) is 5.32 Å². The molecule has 0 radical (unpaired) electrons. The molecule has 19 heavy (non-hydrogen) atoms. The lowest BCUT2D eigenvalue weighted by Gasteiger charge is -2.26. The molecule has 0 amide bonds. The maximum atomic E-state index is 6.09. The van der Waals surface area contributed by atoms with Gasteiger partial charge in [-0.25, -0.2) is 0 Å². The predicted molar refractivity (Wildman–Crippen MR) is 78.1 cm³/mol. The Balaban J connectivity index is 2.15. The molecule has 1 fully saturated rings. The Kier molecular flexibility index (Phi) is 5.08. The summed E-state index contributed by atoms with van der Waals surface area (Å²) >= 11 is 6.09. The molecule has 0 aromatic heterocycles. The molecule has 3 unspecified atom stereocenters. The highest BCUT2D eigenvalue weighted by atomic mass is 35.5. The van der Waals surface area contributed by atoms with Crippen molar-refractivity contribution in [2.45, 2.75) is 31.9 Å². The first-order chi connectivity index (χ1) is 9.15. The van der Waals surface area contributed by atoms with Crippen LogP contribution in [-0.4, -0.2) is 32.9 Å². The van der Waals surface area contributed by atoms with Crippen molar-refractivity contribution in [2.75, 3.05) is 20.8 Å². The number of halogens is 1. The predicted octanol–water partition coefficient (Wildman–Crippen LogP) is 2.90. The third kappa shape index (κ3) is 3.41. The lowest BCUT2D eigenvalue weighted by molar-refractivity contribution is 0.0962. The van der Waals surface area contributed by atoms with Crippen molar-refractivity contribution in [1.29, 1.82) is 0 Å². The number of methoxy groups -OCH3 is 1. The van der Waals surface area contributed by atoms with E-state index >= 15 is 0 Å². The van der Waals surface area contributed by atoms with E-state index in [0.29, 0.717) is 18.1 Å². The second kappa shape index (κ2) is 6.60. The number of rotatable bonds is 5. The van der Waals surface area contributed by atoms with Crippen molar-refractivity contribution in [3.05, 3.63) is 28.8 Å². The normalized spacial score (nSPS) is 24.4. The average molecular weight is 284 g/mol. The van der Waals surface area contributed by atoms with E-state index in [1.807, 2.05) is 25.2 Å². The molecule has 0 saturated carbocycles. The van der Waals surface area contributed by atoms with Gasteiger partial charge in [-0.05, 0) is 50.6 Å². The molecule has 3 atom stereocenters. The highest BCUT2D eigenvalue weighted by Gasteiger charge is 2.31. The van der Waals surface area contributed by atoms with Crippen LogP contribution in [0.15, 0.2) is 18.2 Å². The molecule has 106 valence electrons. The summed E-state index contributed by atoms with van der Waals surface area (Å²) in [7, 11) is 3.70. The lowest BCUT2D eigenvalue weighted by atomic mass is 9.89. The zero-order chi connectivity index (χ0) is 13.8. The highest BCUT2D eigenvalue weighted by Crippen LogP contribution is 2.29. The van der Waals surface area contributed by atoms with E-state index in [9.17, 15) is 0 Å². The van der Waals surface area contributed by atoms with Crippen molar-refractivity contribution in [3.8, 4) is 5.75 Å². The number of benzene rings is 1. The summed E-state index contributed by atoms with van der Waals surface area (Å²) in [6.07, 6.45) is 2.32. The summed E-state index contributed by atoms with van der Waals surface area (Å²) < 4.78 is 11.1. The highest BCUT2D eigenvalue weighted by molar-refractivity contribution is 6.30. The second-order valence-electron chi connectivity index (χ2n) is 5.08. The minimum atomic E-state index is 0.308. The summed E-state index contributed by atoms with van der Waals surface area (Å²) in [4.78, 5) is 0. The van der Waals surface area contributed by atoms with Crippen LogP contribution in [0, 0.1) is 5.92 Å². The van der Waals surface area contributed by atoms with Crippen molar-refractivity contribution in [3.63, 3.8) is 0 Å². The van der Waals surface area contributed by atoms with E-state index in [1.54, 1.807) is 7.11 Å². The first kappa shape index (κ1) is 14.6. The van der Waals surface area contributed by atoms with E-state index < -0.39 is 0 Å². The van der Waals surface area contributed by atoms with Gasteiger partial charge in [-0.15, -0.1) is 0 Å². The Bertz CT molecular complexity index is 425. The molecule has 3 nitrogen and oxygen atoms in total. The molecule has 1 saturated heterocycles. The van der Waals surface area contributed by atoms with E-state index in [4.69, 9.17) is 21.1 Å². The van der Waals surface area contributed by atoms with Crippen LogP contribution in [0.5, 0.6) is 5.75 Å². The number of nitrogens with one attached hydrogen (secondary N) is 1. The first-order valence-corrected chi connectivity index (χ1v) is 7.14. The van der Waals surface area contributed by atoms with Crippen molar-refractivity contribution in [2.24, 2.45) is 5.92 Å². The SMILES string of the molecule is CNC(Cc1cc(Cl)ccc1OC)C1CCOC1C. The summed E-state index contributed by atoms with van der Waals surface area (Å²) in [5, 5.41) is 4.17. The Morgan fingerprint density at radius 3 is 2.89 bits per heavy atom. The molecule has 1 aliphatic rings. The van der Waals surface area contributed by atoms with Crippen LogP contribution in [-0.2, 0) is 11.2 Å². The average Bonchev–Trinajstić information content (AvgIpc) is 2.82. The van der Waals surface area contributed by atoms with Gasteiger partial charge in [0.05, 0.1) is 13.2 Å². The van der Waals surface area contributed by atoms with E-state index in [0.717, 1.165) is 35.8 Å². The topological polar surface area (TPSA) is 30.5 Å². The van der Waals surface area contributed by atoms with E-state index in [1.165, 1.54) is 0 Å². The molecule has 1 aromatic carbocycles. The number of hydrogen-bond donors (Lipinski definition) is 1. The summed E-state index contributed by atoms with van der Waals surface area (Å²) in [5.74, 6) is 1.44. The standard InChI is InChI=1S/C15H22ClNO2/c1-10-13(6-7-19-10)14(17-2)9-11-8-12(16)4-5-15(11)18-3/h4-5,8,10,13-14,17H,6-7,9H2,1-3H3. The molecular weight excluding hydrogens is 262 g/mol. The molecule has 1 aromatic rings. The summed E-state index contributed by atoms with van der Waals surface area (Å²) in [5.41, 5.74) is 1.15. The lowest BCUT2D eigenvalue weighted by Crippen LogP contribution is -2.38. The van der Waals surface area contributed by atoms with Gasteiger partial charge in [-0.2, -0.15) is 0 Å². The van der Waals surface area contributed by atoms with E-state index in [2.05, 4.69) is 12.2 Å². The molecule has 0 bridgehead atoms. The Morgan fingerprint density at radius 2 is 2.32 bits per heavy atom. The molecule has 0 spiro atoms. The monoisotopic (exact) mass is 283 g/mol. The maximum Gasteiger partial charge on any atom is 0.122 e. The number of hydrogen-bond acceptors (Lipinski definition) is 3. The van der Waals surface area contributed by atoms with Gasteiger partial charge in [0.1, 0.15) is 5.75 Å². The molecular formula is C15H22ClNO2. The van der Waals surface area contributed by atoms with Crippen LogP contribution in [0.25, 0.3) is 0 Å². The molecule has 1 aliphatic heterocycles. The molecule has 1 heterocycles. The molecule has 4 heteroatoms. The third-order valence-electron chi connectivity index (χ3n) is 4.00. The smallest absolute Gasteiger partial charge is 0.122 e. The fourth-order valence-electron chi connectivity index (χ4n) is 2.89. The Labute approximate surface area is 120 Å². The van der Waals surface area contributed by atoms with Crippen LogP contribution in [0.2, 0.25) is 5.02 Å². The van der Waals surface area contributed by atoms with Gasteiger partial charge >= 0.3 is 0 Å². The summed E-state index contributed by atoms with van der Waals surface area (Å²) in [6, 6.07) is 6.16. The molecule has 1 N–H and O–H groups in total. The largest absolute Gasteiger partial charge is 0.496 e. The quantitative estimate of drug-likeness (QED) is 0.901. The number of ether oxygens (including phenoxy) is 2. The van der Waals surface area contributed by atoms with Gasteiger partial charge < -0.3 is 14.8 Å². The van der Waals surface area contributed by atoms with Gasteiger partial charge in [-0.3, -0.25) is 0 Å². The minimum absolute atomic E-state index is 0.308. The zero-order valence-electron chi connectivity index (χ0n) is 11.8. The first-order valence-electron chi connectivity index (χ1n) is 6.77. The van der Waals surface area contributed by atoms with Gasteiger partial charge in [0.25, 0.3) is 0 Å². The third-order valence-corrected chi connectivity index (χ3v) is 4.24. The van der Waals surface area contributed by atoms with Crippen LogP contribution >= 0.6 is 11.6 Å². The summed E-state index contributed by atoms with van der Waals surface area (Å²) in [6.45, 7) is 3.01. The zero-order valence-corrected chi connectivity index (χ0v) is 12.5. The Hall–Kier alpha value is -0.770. The van der Waals surface area contributed by atoms with Crippen LogP contribution < -0.4 is 10.1 Å². The molecule has 2 rings (SSSR count). The van der Waals surface area contributed by atoms with E-state index in [-0.39, 0.29) is 0 Å². The number of likely N-dealkylation sites (N-methyl/N-ethyl adjacent to an activating group) is 1. The van der Waals surface area contributed by atoms with Crippen molar-refractivity contribution >= 4 is 11.6 Å². The van der Waals surface area contributed by atoms with Crippen LogP contribution in [0.1, 0.15) is 18.9 Å². The minimum Gasteiger partial charge on any atom is -0.496 e. The maximum absolute atomic E-state index is 6.09. The fourth-order valence-corrected chi connectivity index (χ4v) is 3.08. The second-order valence-corrected chi connectivity index (χ2v) is 5.52. The molecule has 0 aliphatic carbocycles. The van der Waals surface area contributed by atoms with Gasteiger partial charge in [-0.1, -0.05) is 11.6 Å². The van der Waals surface area contributed by atoms with Gasteiger partial charge in [0.15, 0.2) is 0 Å². The van der Waals surface area contributed by atoms with Crippen molar-refractivity contribution < 1.29 is 9.47 Å². The van der Waals surface area contributed by atoms with Gasteiger partial charge in [0, 0.05) is 23.6 Å². The van der Waals surface area contributed by atoms with Gasteiger partial charge in [0.2, 0.25) is 0 Å². The van der Waals surface area contributed by atoms with Crippen LogP contribution in [0.3, 0.4) is 0 Å². The fraction of sp³-hybridized carbons (Fsp3) is 0.600.